The molecule has 4 unspecified atom stereocenters. The van der Waals surface area contributed by atoms with Crippen LogP contribution in [0.5, 0.6) is 0 Å². The number of rotatable bonds is 4. The van der Waals surface area contributed by atoms with Crippen molar-refractivity contribution < 1.29 is 39.6 Å². The van der Waals surface area contributed by atoms with Crippen LogP contribution in [0.15, 0.2) is 0 Å². The molecule has 4 N–H and O–H groups in total. The largest absolute Gasteiger partial charge is 0.481 e. The van der Waals surface area contributed by atoms with E-state index >= 15 is 0 Å². The lowest BCUT2D eigenvalue weighted by molar-refractivity contribution is -0.160. The fourth-order valence-electron chi connectivity index (χ4n) is 3.07. The van der Waals surface area contributed by atoms with Crippen LogP contribution in [-0.2, 0) is 19.2 Å². The number of aliphatic carboxylic acids is 4. The lowest BCUT2D eigenvalue weighted by atomic mass is 9.73. The van der Waals surface area contributed by atoms with E-state index in [1.165, 1.54) is 13.8 Å². The molecular formula is C11H14O8. The maximum absolute atomic E-state index is 11.2. The maximum atomic E-state index is 11.2. The van der Waals surface area contributed by atoms with Crippen molar-refractivity contribution in [3.05, 3.63) is 0 Å². The molecule has 8 nitrogen and oxygen atoms in total. The molecule has 0 spiro atoms. The number of carboxylic acids is 4. The van der Waals surface area contributed by atoms with Crippen molar-refractivity contribution in [3.63, 3.8) is 0 Å². The molecule has 0 radical (unpaired) electrons. The van der Waals surface area contributed by atoms with E-state index in [9.17, 15) is 19.2 Å². The van der Waals surface area contributed by atoms with Crippen LogP contribution >= 0.6 is 0 Å². The minimum atomic E-state index is -1.77. The van der Waals surface area contributed by atoms with Gasteiger partial charge in [0.25, 0.3) is 0 Å². The molecule has 1 aliphatic carbocycles. The zero-order chi connectivity index (χ0) is 15.1. The van der Waals surface area contributed by atoms with Gasteiger partial charge in [0.15, 0.2) is 0 Å². The highest BCUT2D eigenvalue weighted by atomic mass is 16.4. The Balaban J connectivity index is 3.50. The quantitative estimate of drug-likeness (QED) is 0.551. The van der Waals surface area contributed by atoms with Gasteiger partial charge in [0.05, 0.1) is 23.7 Å². The second kappa shape index (κ2) is 4.52. The average molecular weight is 274 g/mol. The Bertz CT molecular complexity index is 412. The maximum Gasteiger partial charge on any atom is 0.308 e. The second-order valence-electron chi connectivity index (χ2n) is 5.18. The molecule has 0 amide bonds. The van der Waals surface area contributed by atoms with E-state index in [1.54, 1.807) is 0 Å². The molecular weight excluding hydrogens is 260 g/mol. The molecule has 1 fully saturated rings. The van der Waals surface area contributed by atoms with Crippen LogP contribution in [0.4, 0.5) is 0 Å². The monoisotopic (exact) mass is 274 g/mol. The molecule has 0 aromatic rings. The van der Waals surface area contributed by atoms with Gasteiger partial charge in [-0.2, -0.15) is 0 Å². The van der Waals surface area contributed by atoms with E-state index in [4.69, 9.17) is 20.4 Å². The van der Waals surface area contributed by atoms with Crippen LogP contribution in [0.1, 0.15) is 13.8 Å². The fourth-order valence-corrected chi connectivity index (χ4v) is 3.07. The van der Waals surface area contributed by atoms with Crippen LogP contribution in [-0.4, -0.2) is 44.3 Å². The first-order valence-electron chi connectivity index (χ1n) is 5.44. The lowest BCUT2D eigenvalue weighted by Gasteiger charge is -2.28. The molecule has 1 aliphatic rings. The Morgan fingerprint density at radius 1 is 0.684 bits per heavy atom. The first kappa shape index (κ1) is 14.9. The van der Waals surface area contributed by atoms with E-state index in [-0.39, 0.29) is 0 Å². The number of carboxylic acid groups (broad SMARTS) is 4. The first-order valence-corrected chi connectivity index (χ1v) is 5.44. The van der Waals surface area contributed by atoms with Gasteiger partial charge < -0.3 is 20.4 Å². The van der Waals surface area contributed by atoms with Crippen LogP contribution in [0.2, 0.25) is 0 Å². The summed E-state index contributed by atoms with van der Waals surface area (Å²) in [4.78, 5) is 44.8. The molecule has 4 atom stereocenters. The van der Waals surface area contributed by atoms with Crippen LogP contribution in [0, 0.1) is 29.1 Å². The summed E-state index contributed by atoms with van der Waals surface area (Å²) >= 11 is 0. The van der Waals surface area contributed by atoms with Crippen molar-refractivity contribution in [3.8, 4) is 0 Å². The van der Waals surface area contributed by atoms with E-state index in [1.807, 2.05) is 0 Å². The molecule has 106 valence electrons. The number of carbonyl (C=O) groups is 4. The smallest absolute Gasteiger partial charge is 0.308 e. The van der Waals surface area contributed by atoms with Crippen molar-refractivity contribution in [2.24, 2.45) is 29.1 Å². The van der Waals surface area contributed by atoms with Gasteiger partial charge >= 0.3 is 23.9 Å². The Morgan fingerprint density at radius 3 is 1.11 bits per heavy atom. The minimum Gasteiger partial charge on any atom is -0.481 e. The zero-order valence-electron chi connectivity index (χ0n) is 10.2. The third-order valence-electron chi connectivity index (χ3n) is 3.81. The summed E-state index contributed by atoms with van der Waals surface area (Å²) in [6.45, 7) is 2.53. The van der Waals surface area contributed by atoms with Crippen molar-refractivity contribution in [1.29, 1.82) is 0 Å². The van der Waals surface area contributed by atoms with Crippen molar-refractivity contribution in [2.75, 3.05) is 0 Å². The van der Waals surface area contributed by atoms with E-state index < -0.39 is 53.0 Å². The van der Waals surface area contributed by atoms with Crippen LogP contribution in [0.3, 0.4) is 0 Å². The molecule has 19 heavy (non-hydrogen) atoms. The minimum absolute atomic E-state index is 1.27. The summed E-state index contributed by atoms with van der Waals surface area (Å²) in [5, 5.41) is 36.4. The normalized spacial score (nSPS) is 32.7. The third-order valence-corrected chi connectivity index (χ3v) is 3.81. The van der Waals surface area contributed by atoms with Crippen molar-refractivity contribution in [2.45, 2.75) is 13.8 Å². The Kier molecular flexibility index (Phi) is 3.56. The molecule has 0 heterocycles. The van der Waals surface area contributed by atoms with Gasteiger partial charge in [0.2, 0.25) is 0 Å². The molecule has 0 bridgehead atoms. The number of hydrogen-bond acceptors (Lipinski definition) is 4. The summed E-state index contributed by atoms with van der Waals surface area (Å²) in [5.41, 5.74) is -1.48. The van der Waals surface area contributed by atoms with Crippen molar-refractivity contribution in [1.82, 2.24) is 0 Å². The van der Waals surface area contributed by atoms with Gasteiger partial charge in [0, 0.05) is 0 Å². The number of hydrogen-bond donors (Lipinski definition) is 4. The lowest BCUT2D eigenvalue weighted by Crippen LogP contribution is -2.37. The molecule has 1 saturated carbocycles. The van der Waals surface area contributed by atoms with Gasteiger partial charge in [-0.25, -0.2) is 0 Å². The molecule has 0 saturated heterocycles. The SMILES string of the molecule is CC1(C)C(C(=O)O)C(C(=O)O)C(C(=O)O)C1C(=O)O. The van der Waals surface area contributed by atoms with Gasteiger partial charge in [-0.3, -0.25) is 19.2 Å². The fraction of sp³-hybridized carbons (Fsp3) is 0.636. The van der Waals surface area contributed by atoms with Gasteiger partial charge in [-0.1, -0.05) is 13.8 Å². The van der Waals surface area contributed by atoms with Crippen molar-refractivity contribution >= 4 is 23.9 Å². The Morgan fingerprint density at radius 2 is 0.947 bits per heavy atom. The van der Waals surface area contributed by atoms with Gasteiger partial charge in [0.1, 0.15) is 0 Å². The first-order chi connectivity index (χ1) is 8.53. The van der Waals surface area contributed by atoms with E-state index in [2.05, 4.69) is 0 Å². The van der Waals surface area contributed by atoms with Gasteiger partial charge in [-0.05, 0) is 5.41 Å². The standard InChI is InChI=1S/C11H14O8/c1-11(2)5(9(16)17)3(7(12)13)4(8(14)15)6(11)10(18)19/h3-6H,1-2H3,(H,12,13)(H,14,15)(H,16,17)(H,18,19). The van der Waals surface area contributed by atoms with Gasteiger partial charge in [-0.15, -0.1) is 0 Å². The van der Waals surface area contributed by atoms with Crippen LogP contribution in [0.25, 0.3) is 0 Å². The highest BCUT2D eigenvalue weighted by Crippen LogP contribution is 2.54. The average Bonchev–Trinajstić information content (AvgIpc) is 2.45. The zero-order valence-corrected chi connectivity index (χ0v) is 10.2. The summed E-state index contributed by atoms with van der Waals surface area (Å²) < 4.78 is 0. The predicted molar refractivity (Wildman–Crippen MR) is 58.3 cm³/mol. The molecule has 0 aromatic heterocycles. The summed E-state index contributed by atoms with van der Waals surface area (Å²) in [7, 11) is 0. The van der Waals surface area contributed by atoms with E-state index in [0.717, 1.165) is 0 Å². The van der Waals surface area contributed by atoms with Crippen LogP contribution < -0.4 is 0 Å². The van der Waals surface area contributed by atoms with E-state index in [0.29, 0.717) is 0 Å². The summed E-state index contributed by atoms with van der Waals surface area (Å²) in [6, 6.07) is 0. The molecule has 1 rings (SSSR count). The predicted octanol–water partition coefficient (Wildman–Crippen LogP) is -0.171. The summed E-state index contributed by atoms with van der Waals surface area (Å²) in [6.07, 6.45) is 0. The Labute approximate surface area is 107 Å². The Hall–Kier alpha value is -2.12. The summed E-state index contributed by atoms with van der Waals surface area (Å²) in [5.74, 6) is -12.9. The topological polar surface area (TPSA) is 149 Å². The molecule has 0 aliphatic heterocycles. The second-order valence-corrected chi connectivity index (χ2v) is 5.18. The molecule has 0 aromatic carbocycles. The third kappa shape index (κ3) is 2.13. The highest BCUT2D eigenvalue weighted by molar-refractivity contribution is 5.92. The molecule has 8 heteroatoms. The highest BCUT2D eigenvalue weighted by Gasteiger charge is 2.65.